The molecule has 10 nitrogen and oxygen atoms in total. The van der Waals surface area contributed by atoms with Crippen molar-refractivity contribution in [3.05, 3.63) is 66.1 Å². The van der Waals surface area contributed by atoms with Crippen molar-refractivity contribution in [2.75, 3.05) is 30.8 Å². The minimum absolute atomic E-state index is 0.0229. The number of aromatic nitrogens is 2. The molecule has 0 radical (unpaired) electrons. The molecule has 0 aliphatic carbocycles. The van der Waals surface area contributed by atoms with Gasteiger partial charge in [0.15, 0.2) is 0 Å². The Labute approximate surface area is 226 Å². The van der Waals surface area contributed by atoms with Crippen LogP contribution in [-0.2, 0) is 4.79 Å². The number of rotatable bonds is 9. The Hall–Kier alpha value is -4.44. The summed E-state index contributed by atoms with van der Waals surface area (Å²) in [6.45, 7) is 5.29. The number of anilines is 3. The minimum Gasteiger partial charge on any atom is -0.460 e. The number of amides is 2. The van der Waals surface area contributed by atoms with E-state index < -0.39 is 0 Å². The van der Waals surface area contributed by atoms with Gasteiger partial charge in [0, 0.05) is 48.2 Å². The fourth-order valence-corrected chi connectivity index (χ4v) is 5.00. The number of nitrogens with one attached hydrogen (secondary N) is 3. The molecule has 0 bridgehead atoms. The quantitative estimate of drug-likeness (QED) is 0.270. The van der Waals surface area contributed by atoms with Crippen molar-refractivity contribution in [1.29, 1.82) is 0 Å². The summed E-state index contributed by atoms with van der Waals surface area (Å²) in [6, 6.07) is 14.8. The Morgan fingerprint density at radius 3 is 2.82 bits per heavy atom. The van der Waals surface area contributed by atoms with Gasteiger partial charge in [-0.1, -0.05) is 13.0 Å². The monoisotopic (exact) mass is 528 g/mol. The van der Waals surface area contributed by atoms with Crippen LogP contribution in [0.3, 0.4) is 0 Å². The molecule has 2 aromatic heterocycles. The fraction of sp³-hybridized carbons (Fsp3) is 0.310. The Bertz CT molecular complexity index is 1500. The van der Waals surface area contributed by atoms with Gasteiger partial charge in [0.2, 0.25) is 17.7 Å². The van der Waals surface area contributed by atoms with Gasteiger partial charge in [-0.3, -0.25) is 14.5 Å². The number of ether oxygens (including phenoxy) is 1. The first-order valence-corrected chi connectivity index (χ1v) is 13.1. The topological polar surface area (TPSA) is 122 Å². The number of carbonyl (C=O) groups is 2. The average Bonchev–Trinajstić information content (AvgIpc) is 3.50. The molecule has 0 saturated carbocycles. The summed E-state index contributed by atoms with van der Waals surface area (Å²) in [7, 11) is 1.59. The van der Waals surface area contributed by atoms with Gasteiger partial charge < -0.3 is 25.1 Å². The predicted octanol–water partition coefficient (Wildman–Crippen LogP) is 5.24. The molecular weight excluding hydrogens is 496 g/mol. The zero-order chi connectivity index (χ0) is 27.4. The smallest absolute Gasteiger partial charge is 0.255 e. The number of aryl methyl sites for hydroxylation is 1. The Morgan fingerprint density at radius 2 is 2.00 bits per heavy atom. The number of carbonyl (C=O) groups excluding carboxylic acids is 2. The van der Waals surface area contributed by atoms with Gasteiger partial charge in [-0.15, -0.1) is 0 Å². The first kappa shape index (κ1) is 26.2. The Morgan fingerprint density at radius 1 is 1.15 bits per heavy atom. The normalized spacial score (nSPS) is 15.3. The second-order valence-corrected chi connectivity index (χ2v) is 9.52. The average molecular weight is 529 g/mol. The number of furan rings is 1. The molecule has 1 saturated heterocycles. The van der Waals surface area contributed by atoms with E-state index in [4.69, 9.17) is 9.15 Å². The van der Waals surface area contributed by atoms with Crippen molar-refractivity contribution in [1.82, 2.24) is 20.2 Å². The van der Waals surface area contributed by atoms with Gasteiger partial charge in [-0.05, 0) is 63.1 Å². The third-order valence-electron chi connectivity index (χ3n) is 6.86. The first-order chi connectivity index (χ1) is 18.9. The van der Waals surface area contributed by atoms with E-state index in [-0.39, 0.29) is 11.8 Å². The molecule has 4 aromatic rings. The van der Waals surface area contributed by atoms with Crippen molar-refractivity contribution in [2.45, 2.75) is 39.2 Å². The van der Waals surface area contributed by atoms with E-state index in [2.05, 4.69) is 37.7 Å². The number of likely N-dealkylation sites (tertiary alicyclic amines) is 1. The summed E-state index contributed by atoms with van der Waals surface area (Å²) < 4.78 is 11.7. The van der Waals surface area contributed by atoms with Gasteiger partial charge >= 0.3 is 0 Å². The van der Waals surface area contributed by atoms with Crippen molar-refractivity contribution in [3.8, 4) is 11.6 Å². The summed E-state index contributed by atoms with van der Waals surface area (Å²) in [5, 5.41) is 9.51. The third-order valence-corrected chi connectivity index (χ3v) is 6.86. The lowest BCUT2D eigenvalue weighted by molar-refractivity contribution is -0.117. The number of fused-ring (bicyclic) bond motifs is 1. The molecule has 0 spiro atoms. The largest absolute Gasteiger partial charge is 0.460 e. The van der Waals surface area contributed by atoms with E-state index in [1.165, 1.54) is 0 Å². The number of benzene rings is 2. The lowest BCUT2D eigenvalue weighted by atomic mass is 10.1. The molecule has 5 rings (SSSR count). The van der Waals surface area contributed by atoms with Crippen molar-refractivity contribution in [2.24, 2.45) is 0 Å². The molecule has 0 unspecified atom stereocenters. The molecule has 2 amide bonds. The molecule has 3 N–H and O–H groups in total. The highest BCUT2D eigenvalue weighted by atomic mass is 16.5. The second-order valence-electron chi connectivity index (χ2n) is 9.52. The minimum atomic E-state index is -0.202. The maximum absolute atomic E-state index is 12.6. The van der Waals surface area contributed by atoms with E-state index in [1.807, 2.05) is 24.3 Å². The van der Waals surface area contributed by atoms with Gasteiger partial charge in [0.05, 0.1) is 12.1 Å². The van der Waals surface area contributed by atoms with Crippen LogP contribution in [0.15, 0.2) is 59.1 Å². The number of nitrogens with zero attached hydrogens (tertiary/aromatic N) is 3. The van der Waals surface area contributed by atoms with Crippen molar-refractivity contribution >= 4 is 40.1 Å². The van der Waals surface area contributed by atoms with Gasteiger partial charge in [-0.25, -0.2) is 4.98 Å². The van der Waals surface area contributed by atoms with E-state index in [0.29, 0.717) is 58.1 Å². The van der Waals surface area contributed by atoms with Gasteiger partial charge in [0.25, 0.3) is 5.91 Å². The summed E-state index contributed by atoms with van der Waals surface area (Å²) in [5.74, 6) is 1.50. The summed E-state index contributed by atoms with van der Waals surface area (Å²) in [6.07, 6.45) is 4.95. The van der Waals surface area contributed by atoms with Crippen LogP contribution in [0.5, 0.6) is 11.6 Å². The van der Waals surface area contributed by atoms with Gasteiger partial charge in [0.1, 0.15) is 17.1 Å². The maximum Gasteiger partial charge on any atom is 0.255 e. The van der Waals surface area contributed by atoms with Crippen LogP contribution in [-0.4, -0.2) is 52.9 Å². The number of hydrogen-bond donors (Lipinski definition) is 3. The zero-order valence-corrected chi connectivity index (χ0v) is 22.3. The van der Waals surface area contributed by atoms with E-state index >= 15 is 0 Å². The van der Waals surface area contributed by atoms with Gasteiger partial charge in [-0.2, -0.15) is 4.98 Å². The Balaban J connectivity index is 1.24. The molecule has 2 aromatic carbocycles. The van der Waals surface area contributed by atoms with Crippen molar-refractivity contribution < 1.29 is 18.7 Å². The van der Waals surface area contributed by atoms with Crippen LogP contribution in [0.4, 0.5) is 17.3 Å². The molecule has 1 aliphatic rings. The molecule has 3 heterocycles. The van der Waals surface area contributed by atoms with Crippen molar-refractivity contribution in [3.63, 3.8) is 0 Å². The number of hydrogen-bond acceptors (Lipinski definition) is 8. The van der Waals surface area contributed by atoms with E-state index in [1.54, 1.807) is 44.4 Å². The lowest BCUT2D eigenvalue weighted by Crippen LogP contribution is -2.36. The van der Waals surface area contributed by atoms with E-state index in [0.717, 1.165) is 31.5 Å². The highest BCUT2D eigenvalue weighted by Gasteiger charge is 2.24. The maximum atomic E-state index is 12.6. The fourth-order valence-electron chi connectivity index (χ4n) is 5.00. The molecular formula is C29H32N6O4. The van der Waals surface area contributed by atoms with Crippen LogP contribution >= 0.6 is 0 Å². The van der Waals surface area contributed by atoms with Crippen LogP contribution < -0.4 is 20.7 Å². The van der Waals surface area contributed by atoms with Crippen LogP contribution in [0.25, 0.3) is 11.0 Å². The molecule has 1 aliphatic heterocycles. The van der Waals surface area contributed by atoms with Crippen LogP contribution in [0.1, 0.15) is 42.3 Å². The molecule has 1 fully saturated rings. The second kappa shape index (κ2) is 11.5. The van der Waals surface area contributed by atoms with Crippen LogP contribution in [0.2, 0.25) is 0 Å². The highest BCUT2D eigenvalue weighted by Crippen LogP contribution is 2.31. The lowest BCUT2D eigenvalue weighted by Gasteiger charge is -2.22. The third kappa shape index (κ3) is 6.01. The molecule has 1 atom stereocenters. The van der Waals surface area contributed by atoms with Crippen LogP contribution in [0, 0.1) is 6.92 Å². The SMILES string of the molecule is CC[C@@H]1CCCN1CC(=O)Nc1cccc(Nc2nccc(Oc3ccc4c(C(=O)NC)c(C)oc4c3)n2)c1. The standard InChI is InChI=1S/C29H32N6O4/c1-4-21-9-6-14-35(21)17-25(36)32-19-7-5-8-20(15-19)33-29-31-13-12-26(34-29)39-22-10-11-23-24(16-22)38-18(2)27(23)28(37)30-3/h5,7-8,10-13,15-16,21H,4,6,9,14,17H2,1-3H3,(H,30,37)(H,32,36)(H,31,33,34)/t21-/m1/s1. The molecule has 39 heavy (non-hydrogen) atoms. The summed E-state index contributed by atoms with van der Waals surface area (Å²) in [5.41, 5.74) is 2.48. The summed E-state index contributed by atoms with van der Waals surface area (Å²) in [4.78, 5) is 35.8. The molecule has 10 heteroatoms. The first-order valence-electron chi connectivity index (χ1n) is 13.1. The Kier molecular flexibility index (Phi) is 7.74. The highest BCUT2D eigenvalue weighted by molar-refractivity contribution is 6.07. The molecule has 202 valence electrons. The summed E-state index contributed by atoms with van der Waals surface area (Å²) >= 11 is 0. The zero-order valence-electron chi connectivity index (χ0n) is 22.3. The van der Waals surface area contributed by atoms with E-state index in [9.17, 15) is 9.59 Å². The predicted molar refractivity (Wildman–Crippen MR) is 150 cm³/mol.